The molecule has 1 aromatic carbocycles. The largest absolute Gasteiger partial charge is 0.300 e. The van der Waals surface area contributed by atoms with Crippen molar-refractivity contribution in [3.05, 3.63) is 66.2 Å². The van der Waals surface area contributed by atoms with E-state index in [0.717, 1.165) is 33.1 Å². The predicted molar refractivity (Wildman–Crippen MR) is 87.8 cm³/mol. The molecule has 0 bridgehead atoms. The number of imidazole rings is 1. The van der Waals surface area contributed by atoms with Crippen LogP contribution in [0.25, 0.3) is 28.0 Å². The molecule has 0 saturated heterocycles. The second-order valence-corrected chi connectivity index (χ2v) is 5.58. The first-order chi connectivity index (χ1) is 10.7. The summed E-state index contributed by atoms with van der Waals surface area (Å²) in [6.07, 6.45) is 7.71. The third-order valence-corrected chi connectivity index (χ3v) is 4.03. The first kappa shape index (κ1) is 13.1. The van der Waals surface area contributed by atoms with Gasteiger partial charge in [0.2, 0.25) is 0 Å². The molecular formula is C17H13ClN4. The second kappa shape index (κ2) is 5.00. The summed E-state index contributed by atoms with van der Waals surface area (Å²) in [6, 6.07) is 11.9. The average molecular weight is 309 g/mol. The Kier molecular flexibility index (Phi) is 2.98. The average Bonchev–Trinajstić information content (AvgIpc) is 3.13. The van der Waals surface area contributed by atoms with Crippen LogP contribution < -0.4 is 0 Å². The number of aromatic nitrogens is 4. The minimum atomic E-state index is 0.723. The Bertz CT molecular complexity index is 968. The molecule has 0 aliphatic heterocycles. The van der Waals surface area contributed by atoms with E-state index in [4.69, 9.17) is 11.6 Å². The van der Waals surface area contributed by atoms with E-state index in [-0.39, 0.29) is 0 Å². The Morgan fingerprint density at radius 1 is 1.05 bits per heavy atom. The van der Waals surface area contributed by atoms with E-state index in [0.29, 0.717) is 0 Å². The van der Waals surface area contributed by atoms with Crippen molar-refractivity contribution in [2.45, 2.75) is 0 Å². The van der Waals surface area contributed by atoms with Crippen LogP contribution in [-0.2, 0) is 7.05 Å². The van der Waals surface area contributed by atoms with Gasteiger partial charge in [-0.15, -0.1) is 0 Å². The zero-order valence-electron chi connectivity index (χ0n) is 11.9. The van der Waals surface area contributed by atoms with Gasteiger partial charge in [0.1, 0.15) is 5.65 Å². The maximum absolute atomic E-state index is 6.29. The van der Waals surface area contributed by atoms with Crippen LogP contribution in [0.2, 0.25) is 5.02 Å². The fourth-order valence-corrected chi connectivity index (χ4v) is 2.83. The minimum Gasteiger partial charge on any atom is -0.300 e. The van der Waals surface area contributed by atoms with Crippen molar-refractivity contribution in [3.8, 4) is 22.4 Å². The molecule has 0 atom stereocenters. The van der Waals surface area contributed by atoms with Crippen molar-refractivity contribution in [3.63, 3.8) is 0 Å². The summed E-state index contributed by atoms with van der Waals surface area (Å²) < 4.78 is 3.83. The lowest BCUT2D eigenvalue weighted by atomic mass is 10.1. The van der Waals surface area contributed by atoms with Crippen molar-refractivity contribution in [2.24, 2.45) is 7.05 Å². The quantitative estimate of drug-likeness (QED) is 0.560. The van der Waals surface area contributed by atoms with Crippen molar-refractivity contribution >= 4 is 17.2 Å². The summed E-state index contributed by atoms with van der Waals surface area (Å²) in [6.45, 7) is 0. The lowest BCUT2D eigenvalue weighted by molar-refractivity contribution is 0.768. The fourth-order valence-electron chi connectivity index (χ4n) is 2.60. The van der Waals surface area contributed by atoms with E-state index in [1.807, 2.05) is 60.5 Å². The van der Waals surface area contributed by atoms with Crippen molar-refractivity contribution in [1.82, 2.24) is 19.2 Å². The first-order valence-corrected chi connectivity index (χ1v) is 7.31. The Morgan fingerprint density at radius 3 is 2.68 bits per heavy atom. The molecule has 0 aliphatic carbocycles. The number of nitrogens with zero attached hydrogens (tertiary/aromatic N) is 4. The highest BCUT2D eigenvalue weighted by Crippen LogP contribution is 2.29. The number of rotatable bonds is 2. The summed E-state index contributed by atoms with van der Waals surface area (Å²) in [5.74, 6) is 0. The van der Waals surface area contributed by atoms with Gasteiger partial charge in [0.25, 0.3) is 0 Å². The zero-order chi connectivity index (χ0) is 15.1. The second-order valence-electron chi connectivity index (χ2n) is 5.17. The van der Waals surface area contributed by atoms with Gasteiger partial charge in [-0.1, -0.05) is 29.8 Å². The SMILES string of the molecule is Cn1cc(-c2ccn3c(-c4ccccc4Cl)cnc3c2)cn1. The Hall–Kier alpha value is -2.59. The Labute approximate surface area is 132 Å². The smallest absolute Gasteiger partial charge is 0.137 e. The van der Waals surface area contributed by atoms with E-state index in [9.17, 15) is 0 Å². The highest BCUT2D eigenvalue weighted by Gasteiger charge is 2.10. The molecule has 0 spiro atoms. The van der Waals surface area contributed by atoms with Gasteiger partial charge >= 0.3 is 0 Å². The molecular weight excluding hydrogens is 296 g/mol. The molecule has 0 unspecified atom stereocenters. The van der Waals surface area contributed by atoms with Gasteiger partial charge in [-0.3, -0.25) is 9.08 Å². The summed E-state index contributed by atoms with van der Waals surface area (Å²) >= 11 is 6.29. The van der Waals surface area contributed by atoms with Gasteiger partial charge in [-0.05, 0) is 23.8 Å². The molecule has 5 heteroatoms. The lowest BCUT2D eigenvalue weighted by Gasteiger charge is -2.05. The first-order valence-electron chi connectivity index (χ1n) is 6.93. The number of hydrogen-bond acceptors (Lipinski definition) is 2. The normalized spacial score (nSPS) is 11.2. The number of hydrogen-bond donors (Lipinski definition) is 0. The maximum atomic E-state index is 6.29. The van der Waals surface area contributed by atoms with Crippen LogP contribution in [0.4, 0.5) is 0 Å². The molecule has 0 fully saturated rings. The van der Waals surface area contributed by atoms with Gasteiger partial charge < -0.3 is 0 Å². The summed E-state index contributed by atoms with van der Waals surface area (Å²) in [4.78, 5) is 4.51. The fraction of sp³-hybridized carbons (Fsp3) is 0.0588. The molecule has 0 amide bonds. The maximum Gasteiger partial charge on any atom is 0.137 e. The van der Waals surface area contributed by atoms with E-state index in [1.165, 1.54) is 0 Å². The van der Waals surface area contributed by atoms with E-state index in [1.54, 1.807) is 4.68 Å². The third kappa shape index (κ3) is 2.09. The number of aryl methyl sites for hydroxylation is 1. The van der Waals surface area contributed by atoms with Gasteiger partial charge in [0.05, 0.1) is 18.1 Å². The molecule has 4 rings (SSSR count). The molecule has 108 valence electrons. The van der Waals surface area contributed by atoms with E-state index >= 15 is 0 Å². The van der Waals surface area contributed by atoms with Crippen LogP contribution in [-0.4, -0.2) is 19.2 Å². The van der Waals surface area contributed by atoms with Crippen molar-refractivity contribution < 1.29 is 0 Å². The Morgan fingerprint density at radius 2 is 1.91 bits per heavy atom. The monoisotopic (exact) mass is 308 g/mol. The Balaban J connectivity index is 1.86. The predicted octanol–water partition coefficient (Wildman–Crippen LogP) is 4.06. The van der Waals surface area contributed by atoms with Crippen LogP contribution in [0, 0.1) is 0 Å². The van der Waals surface area contributed by atoms with Crippen molar-refractivity contribution in [2.75, 3.05) is 0 Å². The summed E-state index contributed by atoms with van der Waals surface area (Å²) in [5.41, 5.74) is 5.02. The van der Waals surface area contributed by atoms with Gasteiger partial charge in [-0.25, -0.2) is 4.98 Å². The standard InChI is InChI=1S/C17H13ClN4/c1-21-11-13(9-20-21)12-6-7-22-16(10-19-17(22)8-12)14-4-2-3-5-15(14)18/h2-11H,1H3. The molecule has 4 aromatic rings. The van der Waals surface area contributed by atoms with Crippen molar-refractivity contribution in [1.29, 1.82) is 0 Å². The van der Waals surface area contributed by atoms with Crippen LogP contribution in [0.3, 0.4) is 0 Å². The molecule has 0 N–H and O–H groups in total. The molecule has 3 heterocycles. The van der Waals surface area contributed by atoms with E-state index < -0.39 is 0 Å². The zero-order valence-corrected chi connectivity index (χ0v) is 12.7. The third-order valence-electron chi connectivity index (χ3n) is 3.70. The molecule has 22 heavy (non-hydrogen) atoms. The minimum absolute atomic E-state index is 0.723. The van der Waals surface area contributed by atoms with Crippen LogP contribution in [0.1, 0.15) is 0 Å². The van der Waals surface area contributed by atoms with Crippen LogP contribution in [0.5, 0.6) is 0 Å². The number of fused-ring (bicyclic) bond motifs is 1. The van der Waals surface area contributed by atoms with Gasteiger partial charge in [0, 0.05) is 35.6 Å². The van der Waals surface area contributed by atoms with Gasteiger partial charge in [0.15, 0.2) is 0 Å². The molecule has 4 nitrogen and oxygen atoms in total. The highest BCUT2D eigenvalue weighted by atomic mass is 35.5. The number of pyridine rings is 1. The molecule has 3 aromatic heterocycles. The molecule has 0 saturated carbocycles. The lowest BCUT2D eigenvalue weighted by Crippen LogP contribution is -1.89. The molecule has 0 radical (unpaired) electrons. The van der Waals surface area contributed by atoms with Gasteiger partial charge in [-0.2, -0.15) is 5.10 Å². The van der Waals surface area contributed by atoms with E-state index in [2.05, 4.69) is 22.2 Å². The highest BCUT2D eigenvalue weighted by molar-refractivity contribution is 6.33. The summed E-state index contributed by atoms with van der Waals surface area (Å²) in [7, 11) is 1.91. The summed E-state index contributed by atoms with van der Waals surface area (Å²) in [5, 5.41) is 4.93. The number of halogens is 1. The van der Waals surface area contributed by atoms with Crippen LogP contribution in [0.15, 0.2) is 61.2 Å². The molecule has 0 aliphatic rings. The van der Waals surface area contributed by atoms with Crippen LogP contribution >= 0.6 is 11.6 Å². The topological polar surface area (TPSA) is 35.1 Å². The number of benzene rings is 1.